The molecule has 0 heterocycles. The third-order valence-electron chi connectivity index (χ3n) is 17.3. The highest BCUT2D eigenvalue weighted by atomic mass is 35.5. The van der Waals surface area contributed by atoms with Crippen LogP contribution < -0.4 is 0 Å². The monoisotopic (exact) mass is 1640 g/mol. The summed E-state index contributed by atoms with van der Waals surface area (Å²) in [7, 11) is 0. The summed E-state index contributed by atoms with van der Waals surface area (Å²) in [6.07, 6.45) is 30.8. The number of para-hydroxylation sites is 1. The van der Waals surface area contributed by atoms with E-state index in [1.54, 1.807) is 133 Å². The summed E-state index contributed by atoms with van der Waals surface area (Å²) in [5.74, 6) is 3.46. The van der Waals surface area contributed by atoms with Crippen molar-refractivity contribution in [3.8, 4) is 51.7 Å². The Balaban J connectivity index is 0.000000412. The number of halogens is 9. The van der Waals surface area contributed by atoms with E-state index >= 15 is 0 Å². The van der Waals surface area contributed by atoms with Crippen LogP contribution in [0.3, 0.4) is 0 Å². The zero-order chi connectivity index (χ0) is 79.5. The number of hydrogen-bond acceptors (Lipinski definition) is 9. The van der Waals surface area contributed by atoms with Crippen LogP contribution in [0.2, 0.25) is 45.2 Å². The number of hydrogen-bond donors (Lipinski definition) is 9. The number of aryl methyl sites for hydroxylation is 5. The van der Waals surface area contributed by atoms with Crippen LogP contribution in [0.1, 0.15) is 234 Å². The summed E-state index contributed by atoms with van der Waals surface area (Å²) >= 11 is 51.7. The second kappa shape index (κ2) is 57.8. The fourth-order valence-electron chi connectivity index (χ4n) is 11.2. The second-order valence-corrected chi connectivity index (χ2v) is 30.0. The van der Waals surface area contributed by atoms with Gasteiger partial charge in [-0.3, -0.25) is 0 Å². The maximum absolute atomic E-state index is 9.73. The van der Waals surface area contributed by atoms with Gasteiger partial charge in [-0.15, -0.1) is 0 Å². The van der Waals surface area contributed by atoms with Gasteiger partial charge in [-0.1, -0.05) is 285 Å². The molecule has 9 aromatic carbocycles. The fraction of sp³-hybridized carbons (Fsp3) is 0.393. The second-order valence-electron chi connectivity index (χ2n) is 26.2. The highest BCUT2D eigenvalue weighted by Gasteiger charge is 2.19. The maximum Gasteiger partial charge on any atom is 0.134 e. The minimum absolute atomic E-state index is 0.133. The first-order valence-electron chi connectivity index (χ1n) is 37.4. The van der Waals surface area contributed by atoms with Crippen molar-refractivity contribution in [3.05, 3.63) is 260 Å². The molecule has 9 N–H and O–H groups in total. The standard InChI is InChI=1S/C14H21ClO.C13H19ClO.C12H15ClO.C12H17ClO.C11H15ClO.C8H9ClO.C7H7ClO.2C6H5ClO/c1-2-3-4-5-6-7-8-12-11-13(15)9-10-14(12)16;1-2-3-4-5-6-7-11-10-12(14)8-9-13(11)15;13-10-6-7-12(14)11(8-10)9-4-2-1-3-5-9;1-2-3-4-5-6-10-9-11(13)7-8-12(10)14;1-3-4-8(2)10-7-9(12)5-6-11(10)13;1-2-6-4-3-5-7(10)8(6)9;1-5-3-2-4-6(9)7(5)8;7-5-1-3-6(8)4-2-5;7-5-3-1-2-4-6(5)8/h9-11,16H,2-8H2,1H3;8-10,15H,2-7H2,1H3;6-9,14H,1-5H2;7-9,14H,2-6H2,1H3;5-8,13H,3-4H2,1-2H3;3-5,10H,2H2,1H3;2-4,9H,1H3;2*1-4,8H. The molecule has 9 aromatic rings. The van der Waals surface area contributed by atoms with Crippen LogP contribution in [0.15, 0.2) is 176 Å². The molecular weight excluding hydrogens is 1530 g/mol. The number of benzene rings is 9. The Labute approximate surface area is 684 Å². The SMILES string of the molecule is CCCC(C)c1cc(Cl)ccc1O.CCCCCCCCc1cc(Cl)ccc1O.CCCCCCCc1cc(Cl)ccc1O.CCCCCCc1cc(Cl)ccc1O.CCc1cccc(O)c1Cl.Cc1cccc(O)c1Cl.Oc1ccc(Cl)cc1.Oc1ccc(Cl)cc1C1CCCCC1.Oc1ccccc1Cl. The van der Waals surface area contributed by atoms with Crippen molar-refractivity contribution >= 4 is 104 Å². The van der Waals surface area contributed by atoms with Crippen molar-refractivity contribution in [2.45, 2.75) is 227 Å². The number of phenols is 9. The van der Waals surface area contributed by atoms with Crippen molar-refractivity contribution in [1.29, 1.82) is 0 Å². The summed E-state index contributed by atoms with van der Waals surface area (Å²) in [4.78, 5) is 0. The average Bonchev–Trinajstić information content (AvgIpc) is 0.855. The van der Waals surface area contributed by atoms with E-state index in [0.29, 0.717) is 80.8 Å². The van der Waals surface area contributed by atoms with E-state index in [1.165, 1.54) is 109 Å². The number of phenolic OH excluding ortho intramolecular Hbond substituents is 9. The van der Waals surface area contributed by atoms with Gasteiger partial charge in [0.2, 0.25) is 0 Å². The molecule has 0 radical (unpaired) electrons. The van der Waals surface area contributed by atoms with E-state index < -0.39 is 0 Å². The van der Waals surface area contributed by atoms with E-state index in [4.69, 9.17) is 125 Å². The van der Waals surface area contributed by atoms with Gasteiger partial charge in [0.1, 0.15) is 51.7 Å². The van der Waals surface area contributed by atoms with Crippen LogP contribution in [-0.2, 0) is 25.7 Å². The Morgan fingerprint density at radius 3 is 1.11 bits per heavy atom. The van der Waals surface area contributed by atoms with Crippen molar-refractivity contribution in [3.63, 3.8) is 0 Å². The average molecular weight is 1650 g/mol. The zero-order valence-corrected chi connectivity index (χ0v) is 70.0. The Kier molecular flexibility index (Phi) is 52.3. The lowest BCUT2D eigenvalue weighted by molar-refractivity contribution is 0.414. The normalized spacial score (nSPS) is 11.5. The summed E-state index contributed by atoms with van der Waals surface area (Å²) < 4.78 is 0. The largest absolute Gasteiger partial charge is 0.508 e. The highest BCUT2D eigenvalue weighted by Crippen LogP contribution is 2.39. The molecule has 0 spiro atoms. The van der Waals surface area contributed by atoms with Crippen LogP contribution in [0, 0.1) is 6.92 Å². The summed E-state index contributed by atoms with van der Waals surface area (Å²) in [5, 5.41) is 89.1. The number of aromatic hydroxyl groups is 9. The lowest BCUT2D eigenvalue weighted by Gasteiger charge is -2.22. The molecule has 107 heavy (non-hydrogen) atoms. The molecule has 1 saturated carbocycles. The summed E-state index contributed by atoms with van der Waals surface area (Å²) in [6, 6.07) is 49.8. The Bertz CT molecular complexity index is 3800. The first-order chi connectivity index (χ1) is 51.2. The van der Waals surface area contributed by atoms with Gasteiger partial charge in [-0.05, 0) is 261 Å². The molecule has 10 rings (SSSR count). The Morgan fingerprint density at radius 2 is 0.710 bits per heavy atom. The highest BCUT2D eigenvalue weighted by molar-refractivity contribution is 6.34. The molecule has 1 aliphatic carbocycles. The molecule has 18 heteroatoms. The molecule has 1 atom stereocenters. The smallest absolute Gasteiger partial charge is 0.134 e. The van der Waals surface area contributed by atoms with Gasteiger partial charge in [-0.2, -0.15) is 0 Å². The van der Waals surface area contributed by atoms with Crippen molar-refractivity contribution in [1.82, 2.24) is 0 Å². The minimum Gasteiger partial charge on any atom is -0.508 e. The van der Waals surface area contributed by atoms with E-state index in [0.717, 1.165) is 102 Å². The van der Waals surface area contributed by atoms with Crippen LogP contribution in [0.5, 0.6) is 51.7 Å². The van der Waals surface area contributed by atoms with E-state index in [9.17, 15) is 25.5 Å². The lowest BCUT2D eigenvalue weighted by atomic mass is 9.84. The van der Waals surface area contributed by atoms with Gasteiger partial charge in [-0.25, -0.2) is 0 Å². The number of unbranched alkanes of at least 4 members (excludes halogenated alkanes) is 12. The van der Waals surface area contributed by atoms with Gasteiger partial charge >= 0.3 is 0 Å². The Morgan fingerprint density at radius 1 is 0.327 bits per heavy atom. The first-order valence-corrected chi connectivity index (χ1v) is 40.8. The van der Waals surface area contributed by atoms with Crippen LogP contribution in [-0.4, -0.2) is 46.0 Å². The van der Waals surface area contributed by atoms with Crippen LogP contribution in [0.25, 0.3) is 0 Å². The predicted molar refractivity (Wildman–Crippen MR) is 459 cm³/mol. The van der Waals surface area contributed by atoms with E-state index in [2.05, 4.69) is 34.6 Å². The van der Waals surface area contributed by atoms with Crippen molar-refractivity contribution in [2.75, 3.05) is 0 Å². The lowest BCUT2D eigenvalue weighted by Crippen LogP contribution is -2.04. The van der Waals surface area contributed by atoms with Crippen LogP contribution >= 0.6 is 104 Å². The molecule has 0 bridgehead atoms. The third kappa shape index (κ3) is 42.5. The quantitative estimate of drug-likeness (QED) is 0.0282. The van der Waals surface area contributed by atoms with E-state index in [1.807, 2.05) is 56.3 Å². The summed E-state index contributed by atoms with van der Waals surface area (Å²) in [6.45, 7) is 14.7. The summed E-state index contributed by atoms with van der Waals surface area (Å²) in [5.41, 5.74) is 6.79. The molecule has 586 valence electrons. The molecule has 0 aliphatic heterocycles. The molecule has 9 nitrogen and oxygen atoms in total. The van der Waals surface area contributed by atoms with Gasteiger partial charge in [0.15, 0.2) is 0 Å². The minimum atomic E-state index is 0.133. The molecule has 0 amide bonds. The molecular formula is C89H113Cl9O9. The van der Waals surface area contributed by atoms with Gasteiger partial charge in [0, 0.05) is 30.1 Å². The first kappa shape index (κ1) is 96.9. The third-order valence-corrected chi connectivity index (χ3v) is 20.0. The van der Waals surface area contributed by atoms with Crippen LogP contribution in [0.4, 0.5) is 0 Å². The zero-order valence-electron chi connectivity index (χ0n) is 63.2. The van der Waals surface area contributed by atoms with Crippen molar-refractivity contribution in [2.24, 2.45) is 0 Å². The van der Waals surface area contributed by atoms with Gasteiger partial charge < -0.3 is 46.0 Å². The molecule has 1 fully saturated rings. The van der Waals surface area contributed by atoms with Crippen molar-refractivity contribution < 1.29 is 46.0 Å². The van der Waals surface area contributed by atoms with Gasteiger partial charge in [0.25, 0.3) is 0 Å². The van der Waals surface area contributed by atoms with Gasteiger partial charge in [0.05, 0.1) is 15.1 Å². The maximum atomic E-state index is 9.73. The molecule has 0 saturated heterocycles. The topological polar surface area (TPSA) is 182 Å². The molecule has 1 aliphatic rings. The van der Waals surface area contributed by atoms with E-state index in [-0.39, 0.29) is 23.0 Å². The fourth-order valence-corrected chi connectivity index (χ4v) is 12.8. The predicted octanol–water partition coefficient (Wildman–Crippen LogP) is 30.8. The molecule has 0 aromatic heterocycles. The Hall–Kier alpha value is -6.21. The number of rotatable bonds is 23. The molecule has 1 unspecified atom stereocenters.